The highest BCUT2D eigenvalue weighted by molar-refractivity contribution is 5.39. The molecule has 0 bridgehead atoms. The van der Waals surface area contributed by atoms with Crippen LogP contribution in [0.25, 0.3) is 0 Å². The summed E-state index contributed by atoms with van der Waals surface area (Å²) in [7, 11) is 0. The van der Waals surface area contributed by atoms with Crippen molar-refractivity contribution in [1.82, 2.24) is 0 Å². The quantitative estimate of drug-likeness (QED) is 0.851. The highest BCUT2D eigenvalue weighted by atomic mass is 19.1. The van der Waals surface area contributed by atoms with Crippen molar-refractivity contribution in [1.29, 1.82) is 0 Å². The molecule has 0 saturated heterocycles. The Bertz CT molecular complexity index is 598. The minimum atomic E-state index is -0.261. The molecule has 0 aliphatic carbocycles. The highest BCUT2D eigenvalue weighted by Gasteiger charge is 2.10. The zero-order valence-corrected chi connectivity index (χ0v) is 12.6. The first-order chi connectivity index (χ1) is 10.1. The van der Waals surface area contributed by atoms with E-state index in [4.69, 9.17) is 10.5 Å². The minimum absolute atomic E-state index is 0.0103. The molecule has 0 saturated carbocycles. The van der Waals surface area contributed by atoms with Crippen LogP contribution >= 0.6 is 0 Å². The number of aryl methyl sites for hydroxylation is 1. The van der Waals surface area contributed by atoms with E-state index in [2.05, 4.69) is 13.0 Å². The molecule has 0 heterocycles. The van der Waals surface area contributed by atoms with Crippen molar-refractivity contribution in [2.24, 2.45) is 5.73 Å². The topological polar surface area (TPSA) is 35.2 Å². The van der Waals surface area contributed by atoms with E-state index in [9.17, 15) is 4.39 Å². The maximum atomic E-state index is 13.5. The molecule has 2 aromatic carbocycles. The summed E-state index contributed by atoms with van der Waals surface area (Å²) in [6.45, 7) is 4.12. The molecule has 2 rings (SSSR count). The molecule has 1 unspecified atom stereocenters. The van der Waals surface area contributed by atoms with E-state index in [0.29, 0.717) is 12.2 Å². The molecule has 2 nitrogen and oxygen atoms in total. The second-order valence-electron chi connectivity index (χ2n) is 5.23. The zero-order chi connectivity index (χ0) is 15.2. The van der Waals surface area contributed by atoms with Crippen molar-refractivity contribution in [3.63, 3.8) is 0 Å². The molecule has 0 aliphatic heterocycles. The first-order valence-electron chi connectivity index (χ1n) is 7.43. The third kappa shape index (κ3) is 4.30. The summed E-state index contributed by atoms with van der Waals surface area (Å²) < 4.78 is 19.4. The zero-order valence-electron chi connectivity index (χ0n) is 12.6. The summed E-state index contributed by atoms with van der Waals surface area (Å²) >= 11 is 0. The van der Waals surface area contributed by atoms with Crippen LogP contribution in [0.2, 0.25) is 0 Å². The summed E-state index contributed by atoms with van der Waals surface area (Å²) in [4.78, 5) is 0. The van der Waals surface area contributed by atoms with Gasteiger partial charge in [0, 0.05) is 6.04 Å². The molecule has 0 aliphatic rings. The largest absolute Gasteiger partial charge is 0.457 e. The first-order valence-corrected chi connectivity index (χ1v) is 7.43. The van der Waals surface area contributed by atoms with E-state index >= 15 is 0 Å². The molecule has 112 valence electrons. The van der Waals surface area contributed by atoms with Gasteiger partial charge in [-0.15, -0.1) is 0 Å². The summed E-state index contributed by atoms with van der Waals surface area (Å²) in [6, 6.07) is 12.6. The van der Waals surface area contributed by atoms with Gasteiger partial charge < -0.3 is 10.5 Å². The maximum absolute atomic E-state index is 13.5. The van der Waals surface area contributed by atoms with Crippen LogP contribution in [-0.2, 0) is 12.8 Å². The average molecular weight is 287 g/mol. The number of halogens is 1. The average Bonchev–Trinajstić information content (AvgIpc) is 2.50. The fourth-order valence-electron chi connectivity index (χ4n) is 2.19. The van der Waals surface area contributed by atoms with Crippen molar-refractivity contribution < 1.29 is 9.13 Å². The molecule has 3 heteroatoms. The van der Waals surface area contributed by atoms with Crippen LogP contribution in [0, 0.1) is 5.82 Å². The Balaban J connectivity index is 2.25. The lowest BCUT2D eigenvalue weighted by Crippen LogP contribution is -2.21. The normalized spacial score (nSPS) is 12.2. The summed E-state index contributed by atoms with van der Waals surface area (Å²) in [6.07, 6.45) is 2.41. The fourth-order valence-corrected chi connectivity index (χ4v) is 2.19. The van der Waals surface area contributed by atoms with Gasteiger partial charge in [-0.25, -0.2) is 4.39 Å². The van der Waals surface area contributed by atoms with E-state index in [1.165, 1.54) is 17.7 Å². The molecule has 0 fully saturated rings. The van der Waals surface area contributed by atoms with Crippen LogP contribution in [0.5, 0.6) is 11.5 Å². The van der Waals surface area contributed by atoms with Crippen molar-refractivity contribution in [3.05, 3.63) is 59.4 Å². The monoisotopic (exact) mass is 287 g/mol. The van der Waals surface area contributed by atoms with Gasteiger partial charge in [0.05, 0.1) is 0 Å². The second kappa shape index (κ2) is 7.23. The molecule has 2 aromatic rings. The van der Waals surface area contributed by atoms with E-state index < -0.39 is 0 Å². The van der Waals surface area contributed by atoms with E-state index in [-0.39, 0.29) is 11.9 Å². The van der Waals surface area contributed by atoms with Gasteiger partial charge in [0.25, 0.3) is 0 Å². The Morgan fingerprint density at radius 1 is 1.14 bits per heavy atom. The molecule has 0 amide bonds. The van der Waals surface area contributed by atoms with Crippen molar-refractivity contribution >= 4 is 0 Å². The predicted octanol–water partition coefficient (Wildman–Crippen LogP) is 4.46. The summed E-state index contributed by atoms with van der Waals surface area (Å²) in [5.74, 6) is 1.18. The minimum Gasteiger partial charge on any atom is -0.457 e. The Hall–Kier alpha value is -1.87. The van der Waals surface area contributed by atoms with Crippen LogP contribution in [0.3, 0.4) is 0 Å². The van der Waals surface area contributed by atoms with Gasteiger partial charge in [-0.05, 0) is 60.7 Å². The molecule has 0 spiro atoms. The summed E-state index contributed by atoms with van der Waals surface area (Å²) in [5, 5.41) is 0. The van der Waals surface area contributed by atoms with E-state index in [1.54, 1.807) is 6.07 Å². The standard InChI is InChI=1S/C18H22FNO/c1-3-13-6-5-7-17(10-13)21-18-9-8-15(19)11-14(18)12-16(20)4-2/h5-11,16H,3-4,12,20H2,1-2H3. The van der Waals surface area contributed by atoms with Crippen LogP contribution < -0.4 is 10.5 Å². The molecular formula is C18H22FNO. The van der Waals surface area contributed by atoms with Gasteiger partial charge in [-0.1, -0.05) is 26.0 Å². The second-order valence-corrected chi connectivity index (χ2v) is 5.23. The highest BCUT2D eigenvalue weighted by Crippen LogP contribution is 2.28. The van der Waals surface area contributed by atoms with Gasteiger partial charge in [0.15, 0.2) is 0 Å². The molecular weight excluding hydrogens is 265 g/mol. The summed E-state index contributed by atoms with van der Waals surface area (Å²) in [5.41, 5.74) is 8.01. The van der Waals surface area contributed by atoms with Crippen molar-refractivity contribution in [2.45, 2.75) is 39.2 Å². The maximum Gasteiger partial charge on any atom is 0.130 e. The number of hydrogen-bond acceptors (Lipinski definition) is 2. The first kappa shape index (κ1) is 15.5. The van der Waals surface area contributed by atoms with Gasteiger partial charge >= 0.3 is 0 Å². The van der Waals surface area contributed by atoms with E-state index in [0.717, 1.165) is 24.2 Å². The van der Waals surface area contributed by atoms with Crippen LogP contribution in [0.1, 0.15) is 31.4 Å². The number of ether oxygens (including phenoxy) is 1. The van der Waals surface area contributed by atoms with Gasteiger partial charge in [0.1, 0.15) is 17.3 Å². The Morgan fingerprint density at radius 2 is 1.95 bits per heavy atom. The van der Waals surface area contributed by atoms with Crippen molar-refractivity contribution in [3.8, 4) is 11.5 Å². The molecule has 21 heavy (non-hydrogen) atoms. The SMILES string of the molecule is CCc1cccc(Oc2ccc(F)cc2CC(N)CC)c1. The number of nitrogens with two attached hydrogens (primary N) is 1. The Morgan fingerprint density at radius 3 is 2.67 bits per heavy atom. The molecule has 0 aromatic heterocycles. The Labute approximate surface area is 125 Å². The Kier molecular flexibility index (Phi) is 5.34. The molecule has 0 radical (unpaired) electrons. The van der Waals surface area contributed by atoms with E-state index in [1.807, 2.05) is 25.1 Å². The number of hydrogen-bond donors (Lipinski definition) is 1. The number of benzene rings is 2. The third-order valence-corrected chi connectivity index (χ3v) is 3.56. The van der Waals surface area contributed by atoms with Crippen molar-refractivity contribution in [2.75, 3.05) is 0 Å². The predicted molar refractivity (Wildman–Crippen MR) is 84.3 cm³/mol. The van der Waals surface area contributed by atoms with Gasteiger partial charge in [-0.2, -0.15) is 0 Å². The smallest absolute Gasteiger partial charge is 0.130 e. The van der Waals surface area contributed by atoms with Gasteiger partial charge in [-0.3, -0.25) is 0 Å². The van der Waals surface area contributed by atoms with Crippen LogP contribution in [-0.4, -0.2) is 6.04 Å². The van der Waals surface area contributed by atoms with Crippen LogP contribution in [0.4, 0.5) is 4.39 Å². The molecule has 1 atom stereocenters. The lowest BCUT2D eigenvalue weighted by molar-refractivity contribution is 0.468. The van der Waals surface area contributed by atoms with Gasteiger partial charge in [0.2, 0.25) is 0 Å². The van der Waals surface area contributed by atoms with Crippen LogP contribution in [0.15, 0.2) is 42.5 Å². The third-order valence-electron chi connectivity index (χ3n) is 3.56. The lowest BCUT2D eigenvalue weighted by Gasteiger charge is -2.15. The number of rotatable bonds is 6. The molecule has 2 N–H and O–H groups in total. The lowest BCUT2D eigenvalue weighted by atomic mass is 10.0. The fraction of sp³-hybridized carbons (Fsp3) is 0.333.